The van der Waals surface area contributed by atoms with Crippen molar-refractivity contribution in [2.75, 3.05) is 13.6 Å². The average Bonchev–Trinajstić information content (AvgIpc) is 2.04. The van der Waals surface area contributed by atoms with E-state index < -0.39 is 6.98 Å². The molecule has 0 saturated heterocycles. The van der Waals surface area contributed by atoms with Crippen molar-refractivity contribution < 1.29 is 64.3 Å². The van der Waals surface area contributed by atoms with Crippen LogP contribution in [0.5, 0.6) is 0 Å². The van der Waals surface area contributed by atoms with Gasteiger partial charge < -0.3 is 18.3 Å². The fraction of sp³-hybridized carbons (Fsp3) is 0.750. The van der Waals surface area contributed by atoms with Crippen molar-refractivity contribution in [3.05, 3.63) is 11.5 Å². The van der Waals surface area contributed by atoms with E-state index in [4.69, 9.17) is 0 Å². The van der Waals surface area contributed by atoms with Crippen molar-refractivity contribution >= 4 is 6.98 Å². The van der Waals surface area contributed by atoms with Gasteiger partial charge in [0.1, 0.15) is 0 Å². The van der Waals surface area contributed by atoms with Crippen molar-refractivity contribution in [3.63, 3.8) is 0 Å². The Labute approximate surface area is 125 Å². The van der Waals surface area contributed by atoms with Gasteiger partial charge in [-0.15, -0.1) is 11.5 Å². The Kier molecular flexibility index (Phi) is 7.28. The molecule has 0 aliphatic heterocycles. The van der Waals surface area contributed by atoms with Crippen molar-refractivity contribution in [1.82, 2.24) is 5.32 Å². The molecule has 6 heteroatoms. The minimum absolute atomic E-state index is 0. The zero-order valence-electron chi connectivity index (χ0n) is 8.69. The smallest absolute Gasteiger partial charge is 0.445 e. The molecule has 0 saturated carbocycles. The summed E-state index contributed by atoms with van der Waals surface area (Å²) in [5.74, 6) is 0.381. The summed E-state index contributed by atoms with van der Waals surface area (Å²) in [4.78, 5) is 0. The molecule has 1 aliphatic carbocycles. The van der Waals surface area contributed by atoms with Gasteiger partial charge in [-0.1, -0.05) is 6.42 Å². The number of halogens is 3. The third kappa shape index (κ3) is 4.81. The van der Waals surface area contributed by atoms with Crippen LogP contribution in [0.15, 0.2) is 11.5 Å². The molecule has 0 aromatic rings. The van der Waals surface area contributed by atoms with Crippen LogP contribution in [0.2, 0.25) is 0 Å². The maximum Gasteiger partial charge on any atom is 1.00 e. The number of rotatable bonds is 3. The van der Waals surface area contributed by atoms with Gasteiger partial charge in [-0.25, -0.2) is 0 Å². The van der Waals surface area contributed by atoms with Gasteiger partial charge in [-0.2, -0.15) is 0 Å². The summed E-state index contributed by atoms with van der Waals surface area (Å²) in [6, 6.07) is 0. The number of nitrogens with one attached hydrogen (secondary N) is 1. The van der Waals surface area contributed by atoms with Gasteiger partial charge in [0, 0.05) is 0 Å². The summed E-state index contributed by atoms with van der Waals surface area (Å²) in [5.41, 5.74) is -0.285. The topological polar surface area (TPSA) is 12.0 Å². The first-order valence-corrected chi connectivity index (χ1v) is 4.57. The summed E-state index contributed by atoms with van der Waals surface area (Å²) in [5, 5.41) is 2.99. The van der Waals surface area contributed by atoms with Gasteiger partial charge in [-0.3, -0.25) is 0 Å². The minimum Gasteiger partial charge on any atom is -0.445 e. The van der Waals surface area contributed by atoms with E-state index in [0.29, 0.717) is 18.8 Å². The van der Waals surface area contributed by atoms with Crippen LogP contribution >= 0.6 is 0 Å². The number of hydrogen-bond donors (Lipinski definition) is 1. The van der Waals surface area contributed by atoms with E-state index in [9.17, 15) is 12.9 Å². The zero-order valence-corrected chi connectivity index (χ0v) is 11.8. The third-order valence-electron chi connectivity index (χ3n) is 2.47. The van der Waals surface area contributed by atoms with E-state index in [2.05, 4.69) is 5.32 Å². The molecule has 0 amide bonds. The normalized spacial score (nSPS) is 22.6. The van der Waals surface area contributed by atoms with E-state index in [-0.39, 0.29) is 63.3 Å². The van der Waals surface area contributed by atoms with Gasteiger partial charge >= 0.3 is 58.4 Å². The van der Waals surface area contributed by atoms with Crippen LogP contribution in [0.25, 0.3) is 0 Å². The van der Waals surface area contributed by atoms with Crippen molar-refractivity contribution in [2.24, 2.45) is 5.92 Å². The molecule has 14 heavy (non-hydrogen) atoms. The molecule has 0 aromatic heterocycles. The van der Waals surface area contributed by atoms with E-state index in [0.717, 1.165) is 6.54 Å². The molecule has 1 atom stereocenters. The van der Waals surface area contributed by atoms with Crippen LogP contribution < -0.4 is 56.7 Å². The summed E-state index contributed by atoms with van der Waals surface area (Å²) < 4.78 is 36.7. The molecule has 0 heterocycles. The van der Waals surface area contributed by atoms with E-state index in [1.54, 1.807) is 0 Å². The Bertz CT molecular complexity index is 205. The molecule has 0 aromatic carbocycles. The van der Waals surface area contributed by atoms with Crippen molar-refractivity contribution in [2.45, 2.75) is 19.3 Å². The Morgan fingerprint density at radius 3 is 2.50 bits per heavy atom. The second-order valence-corrected chi connectivity index (χ2v) is 3.55. The summed E-state index contributed by atoms with van der Waals surface area (Å²) in [6.45, 7) is -3.91. The van der Waals surface area contributed by atoms with Crippen LogP contribution in [0, 0.1) is 5.92 Å². The van der Waals surface area contributed by atoms with Crippen LogP contribution in [-0.2, 0) is 0 Å². The molecule has 0 bridgehead atoms. The summed E-state index contributed by atoms with van der Waals surface area (Å²) >= 11 is 0. The molecular formula is C8H14BF3KN. The predicted molar refractivity (Wildman–Crippen MR) is 48.4 cm³/mol. The first-order valence-electron chi connectivity index (χ1n) is 4.57. The minimum atomic E-state index is -4.72. The van der Waals surface area contributed by atoms with Crippen LogP contribution in [-0.4, -0.2) is 20.6 Å². The fourth-order valence-electron chi connectivity index (χ4n) is 1.68. The molecule has 1 rings (SSSR count). The third-order valence-corrected chi connectivity index (χ3v) is 2.47. The van der Waals surface area contributed by atoms with Gasteiger partial charge in [0.2, 0.25) is 0 Å². The van der Waals surface area contributed by atoms with E-state index in [1.165, 1.54) is 6.08 Å². The van der Waals surface area contributed by atoms with E-state index >= 15 is 0 Å². The Morgan fingerprint density at radius 2 is 2.14 bits per heavy atom. The van der Waals surface area contributed by atoms with Crippen LogP contribution in [0.4, 0.5) is 12.9 Å². The van der Waals surface area contributed by atoms with Gasteiger partial charge in [-0.05, 0) is 32.4 Å². The second-order valence-electron chi connectivity index (χ2n) is 3.55. The fourth-order valence-corrected chi connectivity index (χ4v) is 1.68. The van der Waals surface area contributed by atoms with Gasteiger partial charge in [0.15, 0.2) is 0 Å². The molecule has 0 radical (unpaired) electrons. The van der Waals surface area contributed by atoms with Gasteiger partial charge in [0.05, 0.1) is 0 Å². The predicted octanol–water partition coefficient (Wildman–Crippen LogP) is -0.677. The zero-order chi connectivity index (χ0) is 9.90. The first kappa shape index (κ1) is 15.2. The standard InChI is InChI=1S/C8H14BF3N.K/c1-13-6-7-2-4-8(5-3-7)9(10,11)12;/h4,7,13H,2-3,5-6H2,1H3;/q-1;+1. The average molecular weight is 231 g/mol. The Balaban J connectivity index is 0.00000169. The molecule has 1 aliphatic rings. The monoisotopic (exact) mass is 231 g/mol. The van der Waals surface area contributed by atoms with Crippen LogP contribution in [0.3, 0.4) is 0 Å². The summed E-state index contributed by atoms with van der Waals surface area (Å²) in [7, 11) is 1.83. The molecule has 0 fully saturated rings. The molecule has 76 valence electrons. The van der Waals surface area contributed by atoms with Crippen molar-refractivity contribution in [1.29, 1.82) is 0 Å². The van der Waals surface area contributed by atoms with Gasteiger partial charge in [0.25, 0.3) is 0 Å². The maximum absolute atomic E-state index is 12.2. The SMILES string of the molecule is CNCC1CC=C([B-](F)(F)F)CC1.[K+]. The summed E-state index contributed by atoms with van der Waals surface area (Å²) in [6.07, 6.45) is 2.80. The first-order chi connectivity index (χ1) is 6.04. The van der Waals surface area contributed by atoms with Crippen LogP contribution in [0.1, 0.15) is 19.3 Å². The molecule has 1 N–H and O–H groups in total. The maximum atomic E-state index is 12.2. The largest absolute Gasteiger partial charge is 1.00 e. The van der Waals surface area contributed by atoms with Crippen molar-refractivity contribution in [3.8, 4) is 0 Å². The Morgan fingerprint density at radius 1 is 1.50 bits per heavy atom. The molecular weight excluding hydrogens is 217 g/mol. The molecule has 0 spiro atoms. The number of hydrogen-bond acceptors (Lipinski definition) is 1. The molecule has 1 unspecified atom stereocenters. The Hall–Kier alpha value is 1.19. The number of allylic oxidation sites excluding steroid dienone is 2. The molecule has 1 nitrogen and oxygen atoms in total. The van der Waals surface area contributed by atoms with E-state index in [1.807, 2.05) is 7.05 Å². The second kappa shape index (κ2) is 6.70. The quantitative estimate of drug-likeness (QED) is 0.635.